The fraction of sp³-hybridized carbons (Fsp3) is 0.488. The number of alkyl halides is 2. The molecule has 6 amide bonds. The van der Waals surface area contributed by atoms with Gasteiger partial charge in [-0.05, 0) is 68.5 Å². The summed E-state index contributed by atoms with van der Waals surface area (Å²) >= 11 is 0. The van der Waals surface area contributed by atoms with Crippen molar-refractivity contribution in [2.24, 2.45) is 5.92 Å². The standard InChI is InChI=1S/C43H48F2N10O7/c1-51-33-19-46-42(50-36(33)54(27-5-3-4-6-27)23-43(44,45)41(51)61)48-31-10-7-25(17-34(31)62-2)37(57)47-26-13-15-52(16-14-26)20-24-21-53(22-24)28-8-9-29-30(18-28)40(60)55(39(29)59)32-11-12-35(56)49-38(32)58/h7-10,17-19,24,26-27,32H,3-6,11-16,20-23H2,1-2H3,(H,47,57)(H,46,48,50)(H,49,56,58). The summed E-state index contributed by atoms with van der Waals surface area (Å²) < 4.78 is 35.7. The van der Waals surface area contributed by atoms with Crippen LogP contribution in [0, 0.1) is 5.92 Å². The number of ether oxygens (including phenoxy) is 1. The van der Waals surface area contributed by atoms with E-state index in [0.29, 0.717) is 22.9 Å². The van der Waals surface area contributed by atoms with Gasteiger partial charge in [0.05, 0.1) is 36.7 Å². The normalized spacial score (nSPS) is 22.3. The summed E-state index contributed by atoms with van der Waals surface area (Å²) in [5, 5.41) is 8.50. The molecule has 0 spiro atoms. The number of likely N-dealkylation sites (tertiary alicyclic amines) is 1. The zero-order valence-corrected chi connectivity index (χ0v) is 34.5. The number of carbonyl (C=O) groups excluding carboxylic acids is 6. The molecule has 1 saturated carbocycles. The van der Waals surface area contributed by atoms with Crippen LogP contribution in [0.1, 0.15) is 82.4 Å². The molecular formula is C43H48F2N10O7. The Balaban J connectivity index is 0.765. The number of piperidine rings is 2. The summed E-state index contributed by atoms with van der Waals surface area (Å²) in [7, 11) is 2.79. The van der Waals surface area contributed by atoms with E-state index in [2.05, 4.69) is 35.7 Å². The Kier molecular flexibility index (Phi) is 10.8. The van der Waals surface area contributed by atoms with Crippen LogP contribution in [-0.4, -0.2) is 133 Å². The van der Waals surface area contributed by atoms with Gasteiger partial charge in [0.25, 0.3) is 23.6 Å². The number of amides is 6. The second-order valence-electron chi connectivity index (χ2n) is 17.1. The molecule has 6 heterocycles. The van der Waals surface area contributed by atoms with Crippen LogP contribution in [0.25, 0.3) is 0 Å². The molecule has 17 nitrogen and oxygen atoms in total. The maximum atomic E-state index is 15.0. The van der Waals surface area contributed by atoms with E-state index in [4.69, 9.17) is 4.74 Å². The molecule has 3 saturated heterocycles. The highest BCUT2D eigenvalue weighted by Crippen LogP contribution is 2.40. The molecule has 3 aromatic rings. The van der Waals surface area contributed by atoms with Crippen LogP contribution in [0.2, 0.25) is 0 Å². The van der Waals surface area contributed by atoms with Gasteiger partial charge in [0.15, 0.2) is 5.82 Å². The van der Waals surface area contributed by atoms with Gasteiger partial charge in [-0.3, -0.25) is 39.0 Å². The van der Waals surface area contributed by atoms with Crippen LogP contribution in [-0.2, 0) is 14.4 Å². The molecule has 1 aliphatic carbocycles. The number of fused-ring (bicyclic) bond motifs is 2. The zero-order valence-electron chi connectivity index (χ0n) is 34.5. The number of halogens is 2. The van der Waals surface area contributed by atoms with E-state index < -0.39 is 48.0 Å². The number of rotatable bonds is 10. The third-order valence-electron chi connectivity index (χ3n) is 13.0. The highest BCUT2D eigenvalue weighted by molar-refractivity contribution is 6.23. The highest BCUT2D eigenvalue weighted by Gasteiger charge is 2.49. The minimum atomic E-state index is -3.59. The van der Waals surface area contributed by atoms with E-state index in [1.807, 2.05) is 6.07 Å². The van der Waals surface area contributed by atoms with Gasteiger partial charge in [0, 0.05) is 75.4 Å². The summed E-state index contributed by atoms with van der Waals surface area (Å²) in [5.41, 5.74) is 2.45. The molecule has 1 atom stereocenters. The first-order valence-corrected chi connectivity index (χ1v) is 21.2. The smallest absolute Gasteiger partial charge is 0.342 e. The van der Waals surface area contributed by atoms with E-state index >= 15 is 8.78 Å². The van der Waals surface area contributed by atoms with Crippen molar-refractivity contribution in [3.8, 4) is 5.75 Å². The molecule has 1 unspecified atom stereocenters. The van der Waals surface area contributed by atoms with Crippen molar-refractivity contribution in [2.75, 3.05) is 73.4 Å². The number of imide groups is 2. The summed E-state index contributed by atoms with van der Waals surface area (Å²) in [6.07, 6.45) is 6.39. The summed E-state index contributed by atoms with van der Waals surface area (Å²) in [6, 6.07) is 8.97. The average molecular weight is 855 g/mol. The molecule has 19 heteroatoms. The van der Waals surface area contributed by atoms with Crippen molar-refractivity contribution in [2.45, 2.75) is 75.4 Å². The Morgan fingerprint density at radius 1 is 0.952 bits per heavy atom. The number of benzene rings is 2. The van der Waals surface area contributed by atoms with Crippen LogP contribution in [0.3, 0.4) is 0 Å². The lowest BCUT2D eigenvalue weighted by atomic mass is 9.95. The molecule has 1 aromatic heterocycles. The largest absolute Gasteiger partial charge is 0.495 e. The number of hydrogen-bond acceptors (Lipinski definition) is 13. The number of aromatic nitrogens is 2. The SMILES string of the molecule is COc1cc(C(=O)NC2CCN(CC3CN(c4ccc5c(c4)C(=O)N(C4CCC(=O)NC4=O)C5=O)C3)CC2)ccc1Nc1ncc2c(n1)N(C1CCCC1)CC(F)(F)C(=O)N2C. The predicted molar refractivity (Wildman–Crippen MR) is 222 cm³/mol. The number of nitrogens with zero attached hydrogens (tertiary/aromatic N) is 7. The van der Waals surface area contributed by atoms with Gasteiger partial charge >= 0.3 is 5.92 Å². The molecule has 0 bridgehead atoms. The van der Waals surface area contributed by atoms with Gasteiger partial charge < -0.3 is 35.0 Å². The van der Waals surface area contributed by atoms with Crippen molar-refractivity contribution in [1.82, 2.24) is 30.4 Å². The highest BCUT2D eigenvalue weighted by atomic mass is 19.3. The lowest BCUT2D eigenvalue weighted by Crippen LogP contribution is -2.54. The lowest BCUT2D eigenvalue weighted by Gasteiger charge is -2.44. The fourth-order valence-corrected chi connectivity index (χ4v) is 9.61. The zero-order chi connectivity index (χ0) is 43.4. The first-order chi connectivity index (χ1) is 29.8. The maximum Gasteiger partial charge on any atom is 0.342 e. The second kappa shape index (κ2) is 16.2. The molecule has 3 N–H and O–H groups in total. The third-order valence-corrected chi connectivity index (χ3v) is 13.0. The van der Waals surface area contributed by atoms with E-state index in [9.17, 15) is 28.8 Å². The number of carbonyl (C=O) groups is 6. The lowest BCUT2D eigenvalue weighted by molar-refractivity contribution is -0.140. The molecule has 4 fully saturated rings. The maximum absolute atomic E-state index is 15.0. The first-order valence-electron chi connectivity index (χ1n) is 21.2. The van der Waals surface area contributed by atoms with Gasteiger partial charge in [0.1, 0.15) is 17.5 Å². The molecule has 0 radical (unpaired) electrons. The minimum Gasteiger partial charge on any atom is -0.495 e. The van der Waals surface area contributed by atoms with E-state index in [1.54, 1.807) is 35.2 Å². The van der Waals surface area contributed by atoms with E-state index in [0.717, 1.165) is 86.7 Å². The Hall–Kier alpha value is -6.24. The topological polar surface area (TPSA) is 190 Å². The molecule has 326 valence electrons. The first kappa shape index (κ1) is 41.1. The van der Waals surface area contributed by atoms with Crippen molar-refractivity contribution in [3.05, 3.63) is 59.3 Å². The van der Waals surface area contributed by atoms with Crippen molar-refractivity contribution in [3.63, 3.8) is 0 Å². The molecule has 6 aliphatic rings. The monoisotopic (exact) mass is 854 g/mol. The van der Waals surface area contributed by atoms with Crippen molar-refractivity contribution < 1.29 is 42.3 Å². The number of hydrogen-bond donors (Lipinski definition) is 3. The Labute approximate surface area is 356 Å². The van der Waals surface area contributed by atoms with Crippen LogP contribution in [0.4, 0.5) is 37.6 Å². The number of anilines is 5. The van der Waals surface area contributed by atoms with Gasteiger partial charge in [-0.2, -0.15) is 13.8 Å². The molecule has 9 rings (SSSR count). The number of methoxy groups -OCH3 is 1. The molecular weight excluding hydrogens is 807 g/mol. The Bertz CT molecular complexity index is 2340. The Morgan fingerprint density at radius 2 is 1.69 bits per heavy atom. The van der Waals surface area contributed by atoms with Gasteiger partial charge in [-0.15, -0.1) is 0 Å². The molecule has 2 aromatic carbocycles. The van der Waals surface area contributed by atoms with Crippen LogP contribution >= 0.6 is 0 Å². The Morgan fingerprint density at radius 3 is 2.42 bits per heavy atom. The average Bonchev–Trinajstić information content (AvgIpc) is 3.86. The summed E-state index contributed by atoms with van der Waals surface area (Å²) in [6.45, 7) is 3.34. The number of nitrogens with one attached hydrogen (secondary N) is 3. The fourth-order valence-electron chi connectivity index (χ4n) is 9.61. The second-order valence-corrected chi connectivity index (χ2v) is 17.1. The summed E-state index contributed by atoms with van der Waals surface area (Å²) in [5.74, 6) is -6.05. The van der Waals surface area contributed by atoms with Crippen LogP contribution in [0.5, 0.6) is 5.75 Å². The minimum absolute atomic E-state index is 0.0139. The van der Waals surface area contributed by atoms with Crippen molar-refractivity contribution in [1.29, 1.82) is 0 Å². The molecule has 62 heavy (non-hydrogen) atoms. The van der Waals surface area contributed by atoms with E-state index in [1.165, 1.54) is 20.4 Å². The predicted octanol–water partition coefficient (Wildman–Crippen LogP) is 3.32. The van der Waals surface area contributed by atoms with Gasteiger partial charge in [0.2, 0.25) is 17.8 Å². The van der Waals surface area contributed by atoms with Gasteiger partial charge in [-0.25, -0.2) is 4.98 Å². The third kappa shape index (κ3) is 7.66. The van der Waals surface area contributed by atoms with E-state index in [-0.39, 0.29) is 59.4 Å². The van der Waals surface area contributed by atoms with Crippen LogP contribution in [0.15, 0.2) is 42.6 Å². The quantitative estimate of drug-likeness (QED) is 0.252. The molecule has 5 aliphatic heterocycles. The summed E-state index contributed by atoms with van der Waals surface area (Å²) in [4.78, 5) is 93.5. The van der Waals surface area contributed by atoms with Crippen LogP contribution < -0.4 is 35.4 Å². The van der Waals surface area contributed by atoms with Crippen molar-refractivity contribution >= 4 is 64.3 Å². The van der Waals surface area contributed by atoms with Gasteiger partial charge in [-0.1, -0.05) is 12.8 Å².